The molecule has 0 spiro atoms. The van der Waals surface area contributed by atoms with E-state index in [1.807, 2.05) is 60.7 Å². The van der Waals surface area contributed by atoms with Crippen molar-refractivity contribution in [2.24, 2.45) is 7.05 Å². The van der Waals surface area contributed by atoms with E-state index in [2.05, 4.69) is 25.6 Å². The Hall–Kier alpha value is -4.27. The second kappa shape index (κ2) is 7.77. The largest absolute Gasteiger partial charge is 0.545 e. The van der Waals surface area contributed by atoms with E-state index in [0.29, 0.717) is 23.5 Å². The highest BCUT2D eigenvalue weighted by atomic mass is 16.4. The zero-order chi connectivity index (χ0) is 20.2. The van der Waals surface area contributed by atoms with Crippen molar-refractivity contribution >= 4 is 29.2 Å². The molecule has 0 saturated carbocycles. The smallest absolute Gasteiger partial charge is 0.332 e. The summed E-state index contributed by atoms with van der Waals surface area (Å²) in [6, 6.07) is 15.7. The lowest BCUT2D eigenvalue weighted by Gasteiger charge is -2.09. The molecule has 2 aromatic carbocycles. The van der Waals surface area contributed by atoms with Crippen molar-refractivity contribution in [1.82, 2.24) is 19.5 Å². The van der Waals surface area contributed by atoms with Gasteiger partial charge < -0.3 is 20.5 Å². The van der Waals surface area contributed by atoms with Crippen LogP contribution in [0.5, 0.6) is 0 Å². The number of carboxylic acids is 1. The van der Waals surface area contributed by atoms with E-state index in [1.54, 1.807) is 16.7 Å². The third-order valence-corrected chi connectivity index (χ3v) is 4.03. The first kappa shape index (κ1) is 18.1. The number of aromatic nitrogens is 5. The van der Waals surface area contributed by atoms with Gasteiger partial charge in [-0.3, -0.25) is 0 Å². The summed E-state index contributed by atoms with van der Waals surface area (Å²) < 4.78 is 3.64. The molecule has 0 aliphatic rings. The molecule has 0 amide bonds. The normalized spacial score (nSPS) is 10.5. The zero-order valence-electron chi connectivity index (χ0n) is 15.5. The van der Waals surface area contributed by atoms with Gasteiger partial charge in [0.25, 0.3) is 6.33 Å². The highest BCUT2D eigenvalue weighted by molar-refractivity contribution is 5.86. The van der Waals surface area contributed by atoms with Crippen molar-refractivity contribution in [2.45, 2.75) is 0 Å². The second-order valence-corrected chi connectivity index (χ2v) is 6.25. The van der Waals surface area contributed by atoms with E-state index in [9.17, 15) is 9.90 Å². The van der Waals surface area contributed by atoms with Gasteiger partial charge in [-0.2, -0.15) is 19.5 Å². The molecule has 9 heteroatoms. The van der Waals surface area contributed by atoms with Crippen LogP contribution in [0.15, 0.2) is 73.3 Å². The molecule has 4 aromatic rings. The van der Waals surface area contributed by atoms with Crippen LogP contribution < -0.4 is 20.3 Å². The topological polar surface area (TPSA) is 112 Å². The lowest BCUT2D eigenvalue weighted by molar-refractivity contribution is -0.670. The number of aryl methyl sites for hydroxylation is 1. The van der Waals surface area contributed by atoms with Crippen LogP contribution in [0.2, 0.25) is 0 Å². The number of aromatic carboxylic acids is 1. The Morgan fingerprint density at radius 1 is 0.931 bits per heavy atom. The van der Waals surface area contributed by atoms with Crippen LogP contribution in [0.25, 0.3) is 5.95 Å². The molecule has 0 aliphatic heterocycles. The Morgan fingerprint density at radius 2 is 1.55 bits per heavy atom. The van der Waals surface area contributed by atoms with Gasteiger partial charge in [0.1, 0.15) is 12.4 Å². The van der Waals surface area contributed by atoms with E-state index in [4.69, 9.17) is 0 Å². The Morgan fingerprint density at radius 3 is 2.10 bits per heavy atom. The van der Waals surface area contributed by atoms with Gasteiger partial charge >= 0.3 is 5.95 Å². The number of imidazole rings is 1. The van der Waals surface area contributed by atoms with Crippen LogP contribution in [-0.4, -0.2) is 25.5 Å². The quantitative estimate of drug-likeness (QED) is 0.480. The molecule has 0 atom stereocenters. The Kier molecular flexibility index (Phi) is 4.85. The Balaban J connectivity index is 1.67. The molecule has 2 aromatic heterocycles. The molecule has 2 N–H and O–H groups in total. The predicted octanol–water partition coefficient (Wildman–Crippen LogP) is 1.34. The average molecular weight is 387 g/mol. The molecule has 0 radical (unpaired) electrons. The fourth-order valence-electron chi connectivity index (χ4n) is 2.63. The van der Waals surface area contributed by atoms with Gasteiger partial charge in [-0.25, -0.2) is 4.57 Å². The number of carboxylic acid groups (broad SMARTS) is 1. The van der Waals surface area contributed by atoms with Crippen LogP contribution in [-0.2, 0) is 7.05 Å². The van der Waals surface area contributed by atoms with E-state index in [1.165, 1.54) is 12.1 Å². The molecule has 0 bridgehead atoms. The van der Waals surface area contributed by atoms with E-state index < -0.39 is 5.97 Å². The van der Waals surface area contributed by atoms with Crippen molar-refractivity contribution < 1.29 is 14.5 Å². The summed E-state index contributed by atoms with van der Waals surface area (Å²) in [4.78, 5) is 24.3. The minimum Gasteiger partial charge on any atom is -0.545 e. The minimum absolute atomic E-state index is 0.0955. The maximum Gasteiger partial charge on any atom is 0.332 e. The van der Waals surface area contributed by atoms with Crippen LogP contribution in [0.1, 0.15) is 10.4 Å². The third kappa shape index (κ3) is 4.35. The Labute approximate surface area is 166 Å². The molecule has 2 heterocycles. The van der Waals surface area contributed by atoms with Crippen LogP contribution >= 0.6 is 0 Å². The second-order valence-electron chi connectivity index (χ2n) is 6.25. The fraction of sp³-hybridized carbons (Fsp3) is 0.0500. The van der Waals surface area contributed by atoms with Crippen molar-refractivity contribution in [3.63, 3.8) is 0 Å². The Bertz CT molecular complexity index is 1140. The molecular formula is C20H17N7O2. The molecule has 4 rings (SSSR count). The SMILES string of the molecule is C[n+]1ccn(-c2nc(Nc3ccccc3)nc(Nc3ccc(C(=O)[O-])cc3)n2)c1. The van der Waals surface area contributed by atoms with Gasteiger partial charge in [0.2, 0.25) is 11.9 Å². The molecule has 29 heavy (non-hydrogen) atoms. The molecule has 0 aliphatic carbocycles. The van der Waals surface area contributed by atoms with Crippen molar-refractivity contribution in [1.29, 1.82) is 0 Å². The number of anilines is 4. The maximum atomic E-state index is 10.9. The lowest BCUT2D eigenvalue weighted by atomic mass is 10.2. The van der Waals surface area contributed by atoms with Gasteiger partial charge in [0, 0.05) is 11.4 Å². The number of para-hydroxylation sites is 1. The number of nitrogens with zero attached hydrogens (tertiary/aromatic N) is 5. The summed E-state index contributed by atoms with van der Waals surface area (Å²) >= 11 is 0. The number of carbonyl (C=O) groups excluding carboxylic acids is 1. The van der Waals surface area contributed by atoms with Gasteiger partial charge in [-0.15, -0.1) is 0 Å². The minimum atomic E-state index is -1.23. The molecule has 0 unspecified atom stereocenters. The number of carbonyl (C=O) groups is 1. The highest BCUT2D eigenvalue weighted by Crippen LogP contribution is 2.18. The molecular weight excluding hydrogens is 370 g/mol. The maximum absolute atomic E-state index is 10.9. The zero-order valence-corrected chi connectivity index (χ0v) is 15.5. The van der Waals surface area contributed by atoms with Crippen LogP contribution in [0, 0.1) is 0 Å². The predicted molar refractivity (Wildman–Crippen MR) is 104 cm³/mol. The average Bonchev–Trinajstić information content (AvgIpc) is 3.15. The summed E-state index contributed by atoms with van der Waals surface area (Å²) in [6.45, 7) is 0. The van der Waals surface area contributed by atoms with Gasteiger partial charge in [0.15, 0.2) is 0 Å². The van der Waals surface area contributed by atoms with Gasteiger partial charge in [-0.05, 0) is 29.8 Å². The highest BCUT2D eigenvalue weighted by Gasteiger charge is 2.14. The molecule has 144 valence electrons. The van der Waals surface area contributed by atoms with Crippen molar-refractivity contribution in [3.05, 3.63) is 78.9 Å². The summed E-state index contributed by atoms with van der Waals surface area (Å²) in [5.41, 5.74) is 1.57. The first-order valence-corrected chi connectivity index (χ1v) is 8.77. The third-order valence-electron chi connectivity index (χ3n) is 4.03. The molecule has 0 fully saturated rings. The first-order chi connectivity index (χ1) is 14.1. The summed E-state index contributed by atoms with van der Waals surface area (Å²) in [7, 11) is 1.90. The number of hydrogen-bond acceptors (Lipinski definition) is 7. The number of hydrogen-bond donors (Lipinski definition) is 2. The standard InChI is InChI=1S/C20H17N7O2/c1-26-11-12-27(13-26)20-24-18(21-15-5-3-2-4-6-15)23-19(25-20)22-16-9-7-14(8-10-16)17(28)29/h2-13H,1H3,(H2-,21,22,23,24,25,28,29). The fourth-order valence-corrected chi connectivity index (χ4v) is 2.63. The summed E-state index contributed by atoms with van der Waals surface area (Å²) in [6.07, 6.45) is 5.54. The van der Waals surface area contributed by atoms with Crippen LogP contribution in [0.3, 0.4) is 0 Å². The summed E-state index contributed by atoms with van der Waals surface area (Å²) in [5.74, 6) is -0.126. The number of rotatable bonds is 6. The van der Waals surface area contributed by atoms with Crippen molar-refractivity contribution in [2.75, 3.05) is 10.6 Å². The molecule has 0 saturated heterocycles. The van der Waals surface area contributed by atoms with Gasteiger partial charge in [-0.1, -0.05) is 30.3 Å². The summed E-state index contributed by atoms with van der Waals surface area (Å²) in [5, 5.41) is 17.2. The van der Waals surface area contributed by atoms with Crippen LogP contribution in [0.4, 0.5) is 23.3 Å². The lowest BCUT2D eigenvalue weighted by Crippen LogP contribution is -2.23. The number of nitrogens with one attached hydrogen (secondary N) is 2. The van der Waals surface area contributed by atoms with E-state index in [0.717, 1.165) is 5.69 Å². The molecule has 9 nitrogen and oxygen atoms in total. The monoisotopic (exact) mass is 387 g/mol. The van der Waals surface area contributed by atoms with E-state index in [-0.39, 0.29) is 5.56 Å². The number of benzene rings is 2. The van der Waals surface area contributed by atoms with E-state index >= 15 is 0 Å². The van der Waals surface area contributed by atoms with Crippen molar-refractivity contribution in [3.8, 4) is 5.95 Å². The van der Waals surface area contributed by atoms with Gasteiger partial charge in [0.05, 0.1) is 13.0 Å². The first-order valence-electron chi connectivity index (χ1n) is 8.77.